The van der Waals surface area contributed by atoms with Crippen LogP contribution in [0.2, 0.25) is 0 Å². The summed E-state index contributed by atoms with van der Waals surface area (Å²) in [4.78, 5) is 28.8. The van der Waals surface area contributed by atoms with Gasteiger partial charge in [0.2, 0.25) is 6.54 Å². The quantitative estimate of drug-likeness (QED) is 0.622. The van der Waals surface area contributed by atoms with Crippen molar-refractivity contribution < 1.29 is 14.3 Å². The fourth-order valence-corrected chi connectivity index (χ4v) is 3.60. The summed E-state index contributed by atoms with van der Waals surface area (Å²) < 4.78 is 1.33. The maximum atomic E-state index is 12.6. The molecule has 2 aliphatic heterocycles. The van der Waals surface area contributed by atoms with Gasteiger partial charge in [0.05, 0.1) is 0 Å². The van der Waals surface area contributed by atoms with Crippen molar-refractivity contribution in [2.75, 3.05) is 18.0 Å². The molecule has 4 rings (SSSR count). The zero-order valence-electron chi connectivity index (χ0n) is 15.8. The molecule has 0 aliphatic carbocycles. The number of amides is 2. The van der Waals surface area contributed by atoms with Gasteiger partial charge in [-0.3, -0.25) is 9.69 Å². The first-order valence-corrected chi connectivity index (χ1v) is 9.17. The first-order valence-electron chi connectivity index (χ1n) is 9.17. The van der Waals surface area contributed by atoms with Crippen LogP contribution in [0.5, 0.6) is 0 Å². The summed E-state index contributed by atoms with van der Waals surface area (Å²) in [6.07, 6.45) is -0.469. The Hall–Kier alpha value is -3.02. The van der Waals surface area contributed by atoms with Gasteiger partial charge in [-0.15, -0.1) is 0 Å². The Labute approximate surface area is 158 Å². The SMILES string of the molecule is Cc1ccc(N2CCN3C(=O)C(=O)[N+](Cc4cc(C)ccc4C)=NC32)cc1. The number of hydrogen-bond donors (Lipinski definition) is 0. The Morgan fingerprint density at radius 2 is 1.63 bits per heavy atom. The van der Waals surface area contributed by atoms with E-state index in [1.54, 1.807) is 4.90 Å². The van der Waals surface area contributed by atoms with Crippen molar-refractivity contribution in [1.29, 1.82) is 0 Å². The third kappa shape index (κ3) is 3.12. The fraction of sp³-hybridized carbons (Fsp3) is 0.333. The van der Waals surface area contributed by atoms with E-state index in [1.165, 1.54) is 10.3 Å². The lowest BCUT2D eigenvalue weighted by Gasteiger charge is -2.27. The van der Waals surface area contributed by atoms with Crippen LogP contribution in [0.25, 0.3) is 0 Å². The molecule has 2 heterocycles. The molecule has 1 fully saturated rings. The lowest BCUT2D eigenvalue weighted by Crippen LogP contribution is -2.51. The van der Waals surface area contributed by atoms with E-state index in [4.69, 9.17) is 0 Å². The molecule has 0 saturated carbocycles. The molecular formula is C21H23N4O2+. The fourth-order valence-electron chi connectivity index (χ4n) is 3.60. The van der Waals surface area contributed by atoms with Crippen LogP contribution < -0.4 is 4.90 Å². The van der Waals surface area contributed by atoms with Gasteiger partial charge >= 0.3 is 11.8 Å². The van der Waals surface area contributed by atoms with Gasteiger partial charge in [0.1, 0.15) is 0 Å². The van der Waals surface area contributed by atoms with E-state index >= 15 is 0 Å². The Morgan fingerprint density at radius 1 is 0.963 bits per heavy atom. The zero-order valence-corrected chi connectivity index (χ0v) is 15.8. The third-order valence-corrected chi connectivity index (χ3v) is 5.25. The van der Waals surface area contributed by atoms with E-state index < -0.39 is 18.1 Å². The van der Waals surface area contributed by atoms with Crippen LogP contribution in [0.4, 0.5) is 5.69 Å². The second-order valence-electron chi connectivity index (χ2n) is 7.28. The van der Waals surface area contributed by atoms with Gasteiger partial charge in [-0.1, -0.05) is 35.4 Å². The average Bonchev–Trinajstić information content (AvgIpc) is 3.07. The highest BCUT2D eigenvalue weighted by atomic mass is 16.2. The molecule has 0 aromatic heterocycles. The van der Waals surface area contributed by atoms with E-state index in [1.807, 2.05) is 63.2 Å². The minimum Gasteiger partial charge on any atom is -0.326 e. The molecule has 2 aliphatic rings. The largest absolute Gasteiger partial charge is 0.502 e. The maximum absolute atomic E-state index is 12.6. The number of nitrogens with zero attached hydrogens (tertiary/aromatic N) is 4. The molecule has 0 spiro atoms. The van der Waals surface area contributed by atoms with Crippen molar-refractivity contribution in [2.45, 2.75) is 33.6 Å². The number of fused-ring (bicyclic) bond motifs is 1. The van der Waals surface area contributed by atoms with Crippen LogP contribution in [0.15, 0.2) is 47.6 Å². The van der Waals surface area contributed by atoms with Gasteiger partial charge in [0.25, 0.3) is 6.29 Å². The molecule has 6 nitrogen and oxygen atoms in total. The Balaban J connectivity index is 1.68. The van der Waals surface area contributed by atoms with Gasteiger partial charge in [-0.25, -0.2) is 4.79 Å². The van der Waals surface area contributed by atoms with E-state index in [-0.39, 0.29) is 0 Å². The summed E-state index contributed by atoms with van der Waals surface area (Å²) in [6, 6.07) is 14.3. The normalized spacial score (nSPS) is 19.4. The summed E-state index contributed by atoms with van der Waals surface area (Å²) in [5, 5.41) is 4.64. The first kappa shape index (κ1) is 17.4. The highest BCUT2D eigenvalue weighted by Crippen LogP contribution is 2.27. The molecule has 27 heavy (non-hydrogen) atoms. The molecule has 1 unspecified atom stereocenters. The minimum atomic E-state index is -0.557. The van der Waals surface area contributed by atoms with Crippen LogP contribution in [0.3, 0.4) is 0 Å². The number of carbonyl (C=O) groups excluding carboxylic acids is 2. The standard InChI is InChI=1S/C21H23N4O2/c1-14-5-8-18(9-6-14)23-10-11-24-19(26)20(27)25(22-21(23)24)13-17-12-15(2)4-7-16(17)3/h4-9,12,21H,10-11,13H2,1-3H3/q+1. The maximum Gasteiger partial charge on any atom is 0.502 e. The van der Waals surface area contributed by atoms with Gasteiger partial charge in [-0.05, 0) is 49.2 Å². The van der Waals surface area contributed by atoms with Crippen molar-refractivity contribution in [2.24, 2.45) is 5.11 Å². The van der Waals surface area contributed by atoms with Crippen molar-refractivity contribution in [3.05, 3.63) is 64.7 Å². The summed E-state index contributed by atoms with van der Waals surface area (Å²) >= 11 is 0. The lowest BCUT2D eigenvalue weighted by molar-refractivity contribution is -0.534. The van der Waals surface area contributed by atoms with Gasteiger partial charge in [0.15, 0.2) is 0 Å². The molecule has 2 amide bonds. The van der Waals surface area contributed by atoms with Crippen molar-refractivity contribution in [3.8, 4) is 0 Å². The van der Waals surface area contributed by atoms with Gasteiger partial charge < -0.3 is 4.90 Å². The number of azo groups is 2. The van der Waals surface area contributed by atoms with Crippen LogP contribution in [0.1, 0.15) is 22.3 Å². The number of benzene rings is 2. The second kappa shape index (κ2) is 6.61. The van der Waals surface area contributed by atoms with Gasteiger partial charge in [-0.2, -0.15) is 0 Å². The van der Waals surface area contributed by atoms with E-state index in [0.29, 0.717) is 19.6 Å². The highest BCUT2D eigenvalue weighted by Gasteiger charge is 2.49. The van der Waals surface area contributed by atoms with Crippen molar-refractivity contribution in [3.63, 3.8) is 0 Å². The second-order valence-corrected chi connectivity index (χ2v) is 7.28. The van der Waals surface area contributed by atoms with Crippen LogP contribution in [0, 0.1) is 20.8 Å². The number of aryl methyl sites for hydroxylation is 3. The summed E-state index contributed by atoms with van der Waals surface area (Å²) in [5.41, 5.74) is 5.40. The number of anilines is 1. The molecular weight excluding hydrogens is 340 g/mol. The predicted octanol–water partition coefficient (Wildman–Crippen LogP) is 2.75. The molecule has 2 aromatic carbocycles. The van der Waals surface area contributed by atoms with Crippen LogP contribution >= 0.6 is 0 Å². The molecule has 6 heteroatoms. The van der Waals surface area contributed by atoms with Crippen molar-refractivity contribution >= 4 is 17.5 Å². The number of carbonyl (C=O) groups is 2. The topological polar surface area (TPSA) is 56.0 Å². The van der Waals surface area contributed by atoms with Gasteiger partial charge in [0, 0.05) is 29.5 Å². The Kier molecular flexibility index (Phi) is 4.26. The van der Waals surface area contributed by atoms with E-state index in [9.17, 15) is 9.59 Å². The van der Waals surface area contributed by atoms with E-state index in [2.05, 4.69) is 10.0 Å². The molecule has 0 bridgehead atoms. The molecule has 1 saturated heterocycles. The van der Waals surface area contributed by atoms with Crippen LogP contribution in [-0.2, 0) is 16.1 Å². The third-order valence-electron chi connectivity index (χ3n) is 5.25. The molecule has 2 aromatic rings. The average molecular weight is 363 g/mol. The molecule has 0 radical (unpaired) electrons. The minimum absolute atomic E-state index is 0.310. The van der Waals surface area contributed by atoms with Crippen LogP contribution in [-0.4, -0.2) is 40.8 Å². The highest BCUT2D eigenvalue weighted by molar-refractivity contribution is 6.31. The smallest absolute Gasteiger partial charge is 0.326 e. The summed E-state index contributed by atoms with van der Waals surface area (Å²) in [7, 11) is 0. The monoisotopic (exact) mass is 363 g/mol. The Morgan fingerprint density at radius 3 is 2.37 bits per heavy atom. The lowest BCUT2D eigenvalue weighted by atomic mass is 10.1. The number of hydrogen-bond acceptors (Lipinski definition) is 4. The molecule has 0 N–H and O–H groups in total. The zero-order chi connectivity index (χ0) is 19.1. The van der Waals surface area contributed by atoms with Crippen molar-refractivity contribution in [1.82, 2.24) is 4.90 Å². The first-order chi connectivity index (χ1) is 12.9. The predicted molar refractivity (Wildman–Crippen MR) is 101 cm³/mol. The molecule has 138 valence electrons. The Bertz CT molecular complexity index is 949. The molecule has 1 atom stereocenters. The van der Waals surface area contributed by atoms with E-state index in [0.717, 1.165) is 22.4 Å². The summed E-state index contributed by atoms with van der Waals surface area (Å²) in [5.74, 6) is -1.03. The summed E-state index contributed by atoms with van der Waals surface area (Å²) in [6.45, 7) is 7.54. The number of rotatable bonds is 3.